The first-order valence-corrected chi connectivity index (χ1v) is 7.72. The molecule has 4 heteroatoms. The standard InChI is InChI=1S/C15H17Cl2NO/c16-10-7-11-13(9-5-3-1-2-4-6-9)15(19)18-14(11)12(17)8-10/h7-9,13H,1-6H2,(H,18,19). The maximum Gasteiger partial charge on any atom is 0.232 e. The highest BCUT2D eigenvalue weighted by atomic mass is 35.5. The molecule has 3 rings (SSSR count). The van der Waals surface area contributed by atoms with Gasteiger partial charge in [0.25, 0.3) is 0 Å². The van der Waals surface area contributed by atoms with Crippen LogP contribution < -0.4 is 5.32 Å². The average molecular weight is 298 g/mol. The molecule has 1 aromatic rings. The number of hydrogen-bond acceptors (Lipinski definition) is 1. The van der Waals surface area contributed by atoms with Crippen LogP contribution in [0.4, 0.5) is 5.69 Å². The monoisotopic (exact) mass is 297 g/mol. The van der Waals surface area contributed by atoms with Gasteiger partial charge in [-0.3, -0.25) is 4.79 Å². The van der Waals surface area contributed by atoms with Gasteiger partial charge in [0.15, 0.2) is 0 Å². The van der Waals surface area contributed by atoms with Crippen LogP contribution in [0.1, 0.15) is 50.0 Å². The van der Waals surface area contributed by atoms with E-state index in [1.54, 1.807) is 6.07 Å². The zero-order valence-corrected chi connectivity index (χ0v) is 12.2. The number of carbonyl (C=O) groups is 1. The summed E-state index contributed by atoms with van der Waals surface area (Å²) in [5.41, 5.74) is 1.76. The molecule has 1 heterocycles. The molecule has 0 saturated heterocycles. The van der Waals surface area contributed by atoms with Crippen LogP contribution in [0, 0.1) is 5.92 Å². The molecule has 102 valence electrons. The number of nitrogens with one attached hydrogen (secondary N) is 1. The molecule has 19 heavy (non-hydrogen) atoms. The minimum atomic E-state index is -0.0655. The van der Waals surface area contributed by atoms with E-state index in [1.165, 1.54) is 25.7 Å². The van der Waals surface area contributed by atoms with Gasteiger partial charge in [-0.05, 0) is 36.5 Å². The van der Waals surface area contributed by atoms with E-state index in [9.17, 15) is 4.79 Å². The number of anilines is 1. The summed E-state index contributed by atoms with van der Waals surface area (Å²) < 4.78 is 0. The zero-order chi connectivity index (χ0) is 13.4. The zero-order valence-electron chi connectivity index (χ0n) is 10.7. The Kier molecular flexibility index (Phi) is 3.72. The van der Waals surface area contributed by atoms with Gasteiger partial charge in [-0.2, -0.15) is 0 Å². The number of fused-ring (bicyclic) bond motifs is 1. The van der Waals surface area contributed by atoms with Crippen molar-refractivity contribution >= 4 is 34.8 Å². The summed E-state index contributed by atoms with van der Waals surface area (Å²) in [6.07, 6.45) is 7.27. The number of hydrogen-bond donors (Lipinski definition) is 1. The van der Waals surface area contributed by atoms with E-state index < -0.39 is 0 Å². The lowest BCUT2D eigenvalue weighted by atomic mass is 9.82. The minimum absolute atomic E-state index is 0.0655. The first kappa shape index (κ1) is 13.3. The summed E-state index contributed by atoms with van der Waals surface area (Å²) in [7, 11) is 0. The number of benzene rings is 1. The second-order valence-corrected chi connectivity index (χ2v) is 6.41. The van der Waals surface area contributed by atoms with E-state index in [2.05, 4.69) is 5.32 Å². The molecule has 1 fully saturated rings. The third-order valence-electron chi connectivity index (χ3n) is 4.32. The molecule has 2 nitrogen and oxygen atoms in total. The third-order valence-corrected chi connectivity index (χ3v) is 4.84. The van der Waals surface area contributed by atoms with E-state index >= 15 is 0 Å². The highest BCUT2D eigenvalue weighted by Crippen LogP contribution is 2.46. The number of rotatable bonds is 1. The van der Waals surface area contributed by atoms with Gasteiger partial charge in [-0.1, -0.05) is 48.9 Å². The maximum absolute atomic E-state index is 12.3. The van der Waals surface area contributed by atoms with E-state index in [0.29, 0.717) is 16.0 Å². The van der Waals surface area contributed by atoms with Crippen LogP contribution in [-0.4, -0.2) is 5.91 Å². The first-order chi connectivity index (χ1) is 9.16. The lowest BCUT2D eigenvalue weighted by Crippen LogP contribution is -2.20. The van der Waals surface area contributed by atoms with Crippen molar-refractivity contribution in [2.45, 2.75) is 44.4 Å². The molecule has 1 amide bonds. The quantitative estimate of drug-likeness (QED) is 0.726. The Labute approximate surface area is 123 Å². The van der Waals surface area contributed by atoms with Crippen LogP contribution in [0.3, 0.4) is 0 Å². The molecule has 1 aliphatic carbocycles. The van der Waals surface area contributed by atoms with Crippen LogP contribution >= 0.6 is 23.2 Å². The summed E-state index contributed by atoms with van der Waals surface area (Å²) in [6, 6.07) is 3.59. The van der Waals surface area contributed by atoms with E-state index in [-0.39, 0.29) is 11.8 Å². The van der Waals surface area contributed by atoms with Crippen LogP contribution in [0.2, 0.25) is 10.0 Å². The molecular formula is C15H17Cl2NO. The van der Waals surface area contributed by atoms with Gasteiger partial charge in [-0.15, -0.1) is 0 Å². The smallest absolute Gasteiger partial charge is 0.232 e. The molecule has 2 aliphatic rings. The Morgan fingerprint density at radius 3 is 2.42 bits per heavy atom. The third kappa shape index (κ3) is 2.48. The topological polar surface area (TPSA) is 29.1 Å². The minimum Gasteiger partial charge on any atom is -0.324 e. The normalized spacial score (nSPS) is 23.9. The Balaban J connectivity index is 1.97. The number of halogens is 2. The largest absolute Gasteiger partial charge is 0.324 e. The summed E-state index contributed by atoms with van der Waals surface area (Å²) in [5, 5.41) is 4.09. The van der Waals surface area contributed by atoms with Crippen molar-refractivity contribution in [1.82, 2.24) is 0 Å². The molecule has 0 aromatic heterocycles. The molecule has 1 atom stereocenters. The average Bonchev–Trinajstić information content (AvgIpc) is 2.55. The van der Waals surface area contributed by atoms with E-state index in [4.69, 9.17) is 23.2 Å². The van der Waals surface area contributed by atoms with E-state index in [0.717, 1.165) is 24.1 Å². The summed E-state index contributed by atoms with van der Waals surface area (Å²) in [5.74, 6) is 0.452. The first-order valence-electron chi connectivity index (χ1n) is 6.96. The molecule has 0 spiro atoms. The lowest BCUT2D eigenvalue weighted by Gasteiger charge is -2.20. The number of carbonyl (C=O) groups excluding carboxylic acids is 1. The summed E-state index contributed by atoms with van der Waals surface area (Å²) in [6.45, 7) is 0. The van der Waals surface area contributed by atoms with Crippen LogP contribution in [0.5, 0.6) is 0 Å². The Hall–Kier alpha value is -0.730. The molecule has 1 unspecified atom stereocenters. The van der Waals surface area contributed by atoms with Gasteiger partial charge < -0.3 is 5.32 Å². The predicted octanol–water partition coefficient (Wildman–Crippen LogP) is 5.00. The van der Waals surface area contributed by atoms with Crippen molar-refractivity contribution in [2.24, 2.45) is 5.92 Å². The molecule has 0 radical (unpaired) electrons. The summed E-state index contributed by atoms with van der Waals surface area (Å²) in [4.78, 5) is 12.3. The van der Waals surface area contributed by atoms with Crippen molar-refractivity contribution in [3.63, 3.8) is 0 Å². The molecule has 1 aromatic carbocycles. The van der Waals surface area contributed by atoms with Gasteiger partial charge in [-0.25, -0.2) is 0 Å². The molecular weight excluding hydrogens is 281 g/mol. The summed E-state index contributed by atoms with van der Waals surface area (Å²) >= 11 is 12.3. The highest BCUT2D eigenvalue weighted by molar-refractivity contribution is 6.37. The Morgan fingerprint density at radius 2 is 1.74 bits per heavy atom. The van der Waals surface area contributed by atoms with E-state index in [1.807, 2.05) is 6.07 Å². The Bertz CT molecular complexity index is 507. The fourth-order valence-corrected chi connectivity index (χ4v) is 3.98. The molecule has 1 saturated carbocycles. The predicted molar refractivity (Wildman–Crippen MR) is 79.0 cm³/mol. The van der Waals surface area contributed by atoms with Gasteiger partial charge in [0.2, 0.25) is 5.91 Å². The lowest BCUT2D eigenvalue weighted by molar-refractivity contribution is -0.118. The molecule has 1 N–H and O–H groups in total. The van der Waals surface area contributed by atoms with Gasteiger partial charge >= 0.3 is 0 Å². The highest BCUT2D eigenvalue weighted by Gasteiger charge is 2.38. The van der Waals surface area contributed by atoms with Crippen LogP contribution in [-0.2, 0) is 4.79 Å². The fourth-order valence-electron chi connectivity index (χ4n) is 3.43. The molecule has 1 aliphatic heterocycles. The fraction of sp³-hybridized carbons (Fsp3) is 0.533. The molecule has 0 bridgehead atoms. The maximum atomic E-state index is 12.3. The second kappa shape index (κ2) is 5.34. The van der Waals surface area contributed by atoms with Gasteiger partial charge in [0, 0.05) is 5.02 Å². The Morgan fingerprint density at radius 1 is 1.05 bits per heavy atom. The van der Waals surface area contributed by atoms with Crippen molar-refractivity contribution in [3.05, 3.63) is 27.7 Å². The number of amides is 1. The second-order valence-electron chi connectivity index (χ2n) is 5.57. The van der Waals surface area contributed by atoms with Crippen molar-refractivity contribution < 1.29 is 4.79 Å². The van der Waals surface area contributed by atoms with Crippen molar-refractivity contribution in [1.29, 1.82) is 0 Å². The van der Waals surface area contributed by atoms with Gasteiger partial charge in [0.05, 0.1) is 16.6 Å². The van der Waals surface area contributed by atoms with Crippen molar-refractivity contribution in [3.8, 4) is 0 Å². The van der Waals surface area contributed by atoms with Gasteiger partial charge in [0.1, 0.15) is 0 Å². The van der Waals surface area contributed by atoms with Crippen molar-refractivity contribution in [2.75, 3.05) is 5.32 Å². The SMILES string of the molecule is O=C1Nc2c(Cl)cc(Cl)cc2C1C1CCCCCC1. The van der Waals surface area contributed by atoms with Crippen LogP contribution in [0.15, 0.2) is 12.1 Å². The van der Waals surface area contributed by atoms with Crippen LogP contribution in [0.25, 0.3) is 0 Å².